The van der Waals surface area contributed by atoms with E-state index in [1.54, 1.807) is 16.8 Å². The van der Waals surface area contributed by atoms with Crippen molar-refractivity contribution in [2.75, 3.05) is 5.32 Å². The molecule has 0 aliphatic heterocycles. The van der Waals surface area contributed by atoms with E-state index in [4.69, 9.17) is 5.41 Å². The summed E-state index contributed by atoms with van der Waals surface area (Å²) < 4.78 is 1.80. The SMILES string of the molecule is N=c1ccccn1CNc1ccccn1. The third kappa shape index (κ3) is 2.43. The fourth-order valence-corrected chi connectivity index (χ4v) is 1.25. The van der Waals surface area contributed by atoms with Crippen LogP contribution in [-0.4, -0.2) is 9.55 Å². The molecule has 4 nitrogen and oxygen atoms in total. The molecule has 0 aliphatic carbocycles. The van der Waals surface area contributed by atoms with Crippen LogP contribution in [0.5, 0.6) is 0 Å². The zero-order chi connectivity index (χ0) is 10.5. The van der Waals surface area contributed by atoms with E-state index in [1.807, 2.05) is 36.5 Å². The lowest BCUT2D eigenvalue weighted by molar-refractivity contribution is 0.710. The molecule has 2 N–H and O–H groups in total. The third-order valence-electron chi connectivity index (χ3n) is 2.04. The lowest BCUT2D eigenvalue weighted by atomic mass is 10.4. The monoisotopic (exact) mass is 200 g/mol. The van der Waals surface area contributed by atoms with Gasteiger partial charge in [-0.25, -0.2) is 4.98 Å². The van der Waals surface area contributed by atoms with Crippen LogP contribution in [0.2, 0.25) is 0 Å². The van der Waals surface area contributed by atoms with Crippen molar-refractivity contribution in [1.82, 2.24) is 9.55 Å². The summed E-state index contributed by atoms with van der Waals surface area (Å²) in [5.41, 5.74) is 0.473. The van der Waals surface area contributed by atoms with Crippen molar-refractivity contribution in [1.29, 1.82) is 5.41 Å². The van der Waals surface area contributed by atoms with Crippen molar-refractivity contribution in [2.45, 2.75) is 6.67 Å². The molecule has 0 amide bonds. The highest BCUT2D eigenvalue weighted by Crippen LogP contribution is 1.99. The summed E-state index contributed by atoms with van der Waals surface area (Å²) in [6, 6.07) is 11.2. The normalized spacial score (nSPS) is 9.87. The number of hydrogen-bond acceptors (Lipinski definition) is 3. The Morgan fingerprint density at radius 3 is 2.80 bits per heavy atom. The molecular weight excluding hydrogens is 188 g/mol. The molecule has 0 aliphatic rings. The van der Waals surface area contributed by atoms with Gasteiger partial charge >= 0.3 is 0 Å². The van der Waals surface area contributed by atoms with E-state index in [1.165, 1.54) is 0 Å². The maximum atomic E-state index is 7.64. The van der Waals surface area contributed by atoms with E-state index in [9.17, 15) is 0 Å². The van der Waals surface area contributed by atoms with Gasteiger partial charge in [0.05, 0.1) is 6.67 Å². The predicted octanol–water partition coefficient (Wildman–Crippen LogP) is 1.43. The minimum Gasteiger partial charge on any atom is -0.352 e. The molecule has 2 heterocycles. The first kappa shape index (κ1) is 9.45. The van der Waals surface area contributed by atoms with Crippen molar-refractivity contribution in [3.05, 3.63) is 54.3 Å². The summed E-state index contributed by atoms with van der Waals surface area (Å²) in [7, 11) is 0. The Bertz CT molecular complexity index is 475. The highest BCUT2D eigenvalue weighted by molar-refractivity contribution is 5.32. The van der Waals surface area contributed by atoms with Gasteiger partial charge in [0.15, 0.2) is 0 Å². The Labute approximate surface area is 87.7 Å². The summed E-state index contributed by atoms with van der Waals surface area (Å²) in [5, 5.41) is 10.8. The van der Waals surface area contributed by atoms with E-state index in [0.717, 1.165) is 5.82 Å². The highest BCUT2D eigenvalue weighted by atomic mass is 15.1. The largest absolute Gasteiger partial charge is 0.352 e. The smallest absolute Gasteiger partial charge is 0.127 e. The lowest BCUT2D eigenvalue weighted by Gasteiger charge is -2.08. The summed E-state index contributed by atoms with van der Waals surface area (Å²) in [6.45, 7) is 0.552. The Morgan fingerprint density at radius 2 is 2.07 bits per heavy atom. The lowest BCUT2D eigenvalue weighted by Crippen LogP contribution is -2.22. The van der Waals surface area contributed by atoms with Crippen molar-refractivity contribution in [3.63, 3.8) is 0 Å². The predicted molar refractivity (Wildman–Crippen MR) is 58.1 cm³/mol. The first-order valence-corrected chi connectivity index (χ1v) is 4.71. The molecule has 0 unspecified atom stereocenters. The van der Waals surface area contributed by atoms with Gasteiger partial charge in [0, 0.05) is 12.4 Å². The van der Waals surface area contributed by atoms with Gasteiger partial charge in [-0.1, -0.05) is 12.1 Å². The standard InChI is InChI=1S/C11H12N4/c12-10-5-2-4-8-15(10)9-14-11-6-1-3-7-13-11/h1-8,12H,9H2,(H,13,14). The molecule has 0 aromatic carbocycles. The quantitative estimate of drug-likeness (QED) is 0.787. The summed E-state index contributed by atoms with van der Waals surface area (Å²) >= 11 is 0. The van der Waals surface area contributed by atoms with Crippen LogP contribution in [0.3, 0.4) is 0 Å². The minimum atomic E-state index is 0.473. The average Bonchev–Trinajstić information content (AvgIpc) is 2.29. The number of nitrogens with zero attached hydrogens (tertiary/aromatic N) is 2. The van der Waals surface area contributed by atoms with Crippen LogP contribution in [0, 0.1) is 5.41 Å². The minimum absolute atomic E-state index is 0.473. The maximum Gasteiger partial charge on any atom is 0.127 e. The number of aromatic nitrogens is 2. The van der Waals surface area contributed by atoms with Gasteiger partial charge in [-0.05, 0) is 24.3 Å². The van der Waals surface area contributed by atoms with E-state index in [0.29, 0.717) is 12.2 Å². The zero-order valence-corrected chi connectivity index (χ0v) is 8.22. The first-order chi connectivity index (χ1) is 7.36. The molecule has 0 saturated heterocycles. The molecule has 15 heavy (non-hydrogen) atoms. The molecule has 0 bridgehead atoms. The number of hydrogen-bond donors (Lipinski definition) is 2. The van der Waals surface area contributed by atoms with Crippen LogP contribution < -0.4 is 10.8 Å². The number of anilines is 1. The number of pyridine rings is 2. The zero-order valence-electron chi connectivity index (χ0n) is 8.22. The summed E-state index contributed by atoms with van der Waals surface area (Å²) in [6.07, 6.45) is 3.60. The maximum absolute atomic E-state index is 7.64. The van der Waals surface area contributed by atoms with Gasteiger partial charge in [0.2, 0.25) is 0 Å². The second kappa shape index (κ2) is 4.41. The van der Waals surface area contributed by atoms with Gasteiger partial charge in [-0.3, -0.25) is 5.41 Å². The number of rotatable bonds is 3. The van der Waals surface area contributed by atoms with Crippen LogP contribution in [0.25, 0.3) is 0 Å². The Morgan fingerprint density at radius 1 is 1.20 bits per heavy atom. The van der Waals surface area contributed by atoms with E-state index in [2.05, 4.69) is 10.3 Å². The highest BCUT2D eigenvalue weighted by Gasteiger charge is 1.91. The van der Waals surface area contributed by atoms with E-state index < -0.39 is 0 Å². The van der Waals surface area contributed by atoms with Crippen molar-refractivity contribution >= 4 is 5.82 Å². The molecule has 0 atom stereocenters. The molecule has 0 spiro atoms. The second-order valence-corrected chi connectivity index (χ2v) is 3.11. The first-order valence-electron chi connectivity index (χ1n) is 4.71. The van der Waals surface area contributed by atoms with Gasteiger partial charge < -0.3 is 9.88 Å². The van der Waals surface area contributed by atoms with Gasteiger partial charge in [0.1, 0.15) is 11.3 Å². The summed E-state index contributed by atoms with van der Waals surface area (Å²) in [4.78, 5) is 4.14. The molecule has 2 aromatic rings. The van der Waals surface area contributed by atoms with Gasteiger partial charge in [-0.15, -0.1) is 0 Å². The molecule has 76 valence electrons. The molecule has 0 radical (unpaired) electrons. The Kier molecular flexibility index (Phi) is 2.78. The fraction of sp³-hybridized carbons (Fsp3) is 0.0909. The molecule has 2 rings (SSSR count). The molecular formula is C11H12N4. The van der Waals surface area contributed by atoms with Crippen molar-refractivity contribution < 1.29 is 0 Å². The Hall–Kier alpha value is -2.10. The van der Waals surface area contributed by atoms with Crippen LogP contribution >= 0.6 is 0 Å². The van der Waals surface area contributed by atoms with Gasteiger partial charge in [0.25, 0.3) is 0 Å². The molecule has 0 saturated carbocycles. The van der Waals surface area contributed by atoms with Crippen molar-refractivity contribution in [3.8, 4) is 0 Å². The van der Waals surface area contributed by atoms with Gasteiger partial charge in [-0.2, -0.15) is 0 Å². The average molecular weight is 200 g/mol. The second-order valence-electron chi connectivity index (χ2n) is 3.11. The Balaban J connectivity index is 2.06. The third-order valence-corrected chi connectivity index (χ3v) is 2.04. The van der Waals surface area contributed by atoms with E-state index >= 15 is 0 Å². The topological polar surface area (TPSA) is 53.7 Å². The van der Waals surface area contributed by atoms with Crippen LogP contribution in [0.4, 0.5) is 5.82 Å². The van der Waals surface area contributed by atoms with E-state index in [-0.39, 0.29) is 0 Å². The van der Waals surface area contributed by atoms with Crippen LogP contribution in [0.15, 0.2) is 48.8 Å². The van der Waals surface area contributed by atoms with Crippen molar-refractivity contribution in [2.24, 2.45) is 0 Å². The molecule has 4 heteroatoms. The molecule has 2 aromatic heterocycles. The molecule has 0 fully saturated rings. The summed E-state index contributed by atoms with van der Waals surface area (Å²) in [5.74, 6) is 0.813. The van der Waals surface area contributed by atoms with Crippen LogP contribution in [0.1, 0.15) is 0 Å². The van der Waals surface area contributed by atoms with Crippen LogP contribution in [-0.2, 0) is 6.67 Å². The number of nitrogens with one attached hydrogen (secondary N) is 2. The fourth-order valence-electron chi connectivity index (χ4n) is 1.25.